The van der Waals surface area contributed by atoms with Gasteiger partial charge >= 0.3 is 5.97 Å². The molecule has 0 bridgehead atoms. The van der Waals surface area contributed by atoms with Crippen molar-refractivity contribution in [2.75, 3.05) is 6.61 Å². The van der Waals surface area contributed by atoms with E-state index in [0.29, 0.717) is 19.0 Å². The van der Waals surface area contributed by atoms with Gasteiger partial charge in [-0.25, -0.2) is 4.79 Å². The molecule has 224 valence electrons. The molecule has 8 heteroatoms. The molecule has 0 fully saturated rings. The highest BCUT2D eigenvalue weighted by Crippen LogP contribution is 2.34. The first-order valence-electron chi connectivity index (χ1n) is 14.3. The Hall–Kier alpha value is -4.82. The summed E-state index contributed by atoms with van der Waals surface area (Å²) in [5.41, 5.74) is 1.18. The van der Waals surface area contributed by atoms with Gasteiger partial charge in [-0.1, -0.05) is 12.1 Å². The largest absolute Gasteiger partial charge is 0.487 e. The van der Waals surface area contributed by atoms with E-state index in [0.717, 1.165) is 37.6 Å². The van der Waals surface area contributed by atoms with E-state index < -0.39 is 22.5 Å². The highest BCUT2D eigenvalue weighted by molar-refractivity contribution is 7.97. The van der Waals surface area contributed by atoms with Crippen LogP contribution in [0.2, 0.25) is 0 Å². The van der Waals surface area contributed by atoms with Gasteiger partial charge in [0.05, 0.1) is 22.3 Å². The molecular weight excluding hydrogens is 572 g/mol. The zero-order valence-electron chi connectivity index (χ0n) is 25.0. The number of esters is 1. The van der Waals surface area contributed by atoms with Crippen LogP contribution >= 0.6 is 0 Å². The highest BCUT2D eigenvalue weighted by atomic mass is 32.2. The van der Waals surface area contributed by atoms with Crippen LogP contribution in [0.1, 0.15) is 32.2 Å². The van der Waals surface area contributed by atoms with E-state index in [1.54, 1.807) is 12.4 Å². The van der Waals surface area contributed by atoms with Crippen LogP contribution < -0.4 is 14.2 Å². The molecule has 0 N–H and O–H groups in total. The van der Waals surface area contributed by atoms with Crippen molar-refractivity contribution in [1.29, 1.82) is 0 Å². The average molecular weight is 608 g/mol. The molecule has 0 saturated heterocycles. The van der Waals surface area contributed by atoms with Crippen molar-refractivity contribution in [3.8, 4) is 17.2 Å². The van der Waals surface area contributed by atoms with Crippen molar-refractivity contribution in [2.24, 2.45) is 0 Å². The summed E-state index contributed by atoms with van der Waals surface area (Å²) >= 11 is 0. The van der Waals surface area contributed by atoms with Crippen molar-refractivity contribution in [3.05, 3.63) is 133 Å². The molecule has 0 aliphatic carbocycles. The van der Waals surface area contributed by atoms with E-state index in [9.17, 15) is 4.79 Å². The number of carbonyl (C=O) groups is 1. The number of benzene rings is 3. The number of hydrogen-bond donors (Lipinski definition) is 0. The van der Waals surface area contributed by atoms with E-state index in [2.05, 4.69) is 34.2 Å². The van der Waals surface area contributed by atoms with E-state index in [4.69, 9.17) is 18.9 Å². The van der Waals surface area contributed by atoms with Crippen LogP contribution in [0.5, 0.6) is 17.2 Å². The molecule has 0 aliphatic rings. The van der Waals surface area contributed by atoms with Gasteiger partial charge in [0.2, 0.25) is 0 Å². The summed E-state index contributed by atoms with van der Waals surface area (Å²) in [6, 6.07) is 35.7. The van der Waals surface area contributed by atoms with Crippen molar-refractivity contribution in [3.63, 3.8) is 0 Å². The Morgan fingerprint density at radius 3 is 1.36 bits per heavy atom. The molecule has 0 saturated carbocycles. The van der Waals surface area contributed by atoms with Crippen molar-refractivity contribution in [2.45, 2.75) is 54.3 Å². The van der Waals surface area contributed by atoms with Crippen LogP contribution in [0.3, 0.4) is 0 Å². The molecular formula is C36H35N2O5S+. The fourth-order valence-electron chi connectivity index (χ4n) is 4.22. The summed E-state index contributed by atoms with van der Waals surface area (Å²) in [6.07, 6.45) is 3.52. The van der Waals surface area contributed by atoms with Gasteiger partial charge in [0, 0.05) is 12.4 Å². The molecule has 0 radical (unpaired) electrons. The standard InChI is InChI=1S/C36H35N2O5S/c1-36(2,3)43-35(39)26-42-31-14-20-34(21-15-31)44(32-16-10-29(11-17-32)40-24-27-8-4-6-22-37-27)33-18-12-30(13-19-33)41-25-28-9-5-7-23-38-28/h4-23H,24-26H2,1-3H3/q+1. The Labute approximate surface area is 261 Å². The maximum Gasteiger partial charge on any atom is 0.344 e. The molecule has 5 rings (SSSR count). The first kappa shape index (κ1) is 30.6. The Morgan fingerprint density at radius 2 is 1.00 bits per heavy atom. The molecule has 7 nitrogen and oxygen atoms in total. The van der Waals surface area contributed by atoms with Crippen LogP contribution in [0.15, 0.2) is 136 Å². The molecule has 5 aromatic rings. The first-order valence-corrected chi connectivity index (χ1v) is 15.5. The monoisotopic (exact) mass is 607 g/mol. The van der Waals surface area contributed by atoms with Crippen LogP contribution in [0.4, 0.5) is 0 Å². The second-order valence-corrected chi connectivity index (χ2v) is 12.8. The van der Waals surface area contributed by atoms with Crippen molar-refractivity contribution >= 4 is 16.9 Å². The number of aromatic nitrogens is 2. The molecule has 3 aromatic carbocycles. The lowest BCUT2D eigenvalue weighted by molar-refractivity contribution is -0.157. The number of pyridine rings is 2. The second-order valence-electron chi connectivity index (χ2n) is 10.8. The number of rotatable bonds is 12. The van der Waals surface area contributed by atoms with E-state index in [1.165, 1.54) is 0 Å². The van der Waals surface area contributed by atoms with E-state index >= 15 is 0 Å². The minimum absolute atomic E-state index is 0.151. The zero-order chi connectivity index (χ0) is 30.8. The third-order valence-electron chi connectivity index (χ3n) is 6.18. The maximum atomic E-state index is 12.1. The predicted molar refractivity (Wildman–Crippen MR) is 170 cm³/mol. The minimum Gasteiger partial charge on any atom is -0.487 e. The van der Waals surface area contributed by atoms with Crippen LogP contribution in [0, 0.1) is 0 Å². The smallest absolute Gasteiger partial charge is 0.344 e. The maximum absolute atomic E-state index is 12.1. The van der Waals surface area contributed by atoms with Gasteiger partial charge in [-0.15, -0.1) is 0 Å². The number of nitrogens with zero attached hydrogens (tertiary/aromatic N) is 2. The molecule has 0 amide bonds. The molecule has 2 heterocycles. The summed E-state index contributed by atoms with van der Waals surface area (Å²) < 4.78 is 23.0. The summed E-state index contributed by atoms with van der Waals surface area (Å²) in [5.74, 6) is 1.73. The van der Waals surface area contributed by atoms with Gasteiger partial charge in [-0.3, -0.25) is 9.97 Å². The Kier molecular flexibility index (Phi) is 10.1. The lowest BCUT2D eigenvalue weighted by Crippen LogP contribution is -2.27. The number of ether oxygens (including phenoxy) is 4. The fourth-order valence-corrected chi connectivity index (χ4v) is 6.26. The van der Waals surface area contributed by atoms with E-state index in [-0.39, 0.29) is 6.61 Å². The highest BCUT2D eigenvalue weighted by Gasteiger charge is 2.29. The van der Waals surface area contributed by atoms with Crippen LogP contribution in [-0.2, 0) is 33.6 Å². The molecule has 0 atom stereocenters. The predicted octanol–water partition coefficient (Wildman–Crippen LogP) is 7.45. The molecule has 0 aliphatic heterocycles. The fraction of sp³-hybridized carbons (Fsp3) is 0.194. The average Bonchev–Trinajstić information content (AvgIpc) is 3.04. The quantitative estimate of drug-likeness (QED) is 0.108. The number of carbonyl (C=O) groups excluding carboxylic acids is 1. The Morgan fingerprint density at radius 1 is 0.591 bits per heavy atom. The first-order chi connectivity index (χ1) is 21.3. The van der Waals surface area contributed by atoms with Gasteiger partial charge < -0.3 is 18.9 Å². The van der Waals surface area contributed by atoms with Crippen LogP contribution in [0.25, 0.3) is 0 Å². The molecule has 44 heavy (non-hydrogen) atoms. The van der Waals surface area contributed by atoms with Crippen molar-refractivity contribution < 1.29 is 23.7 Å². The normalized spacial score (nSPS) is 11.2. The van der Waals surface area contributed by atoms with Gasteiger partial charge in [0.1, 0.15) is 36.1 Å². The van der Waals surface area contributed by atoms with Gasteiger partial charge in [0.15, 0.2) is 21.3 Å². The minimum atomic E-state index is -0.559. The summed E-state index contributed by atoms with van der Waals surface area (Å²) in [4.78, 5) is 24.1. The topological polar surface area (TPSA) is 79.8 Å². The van der Waals surface area contributed by atoms with Gasteiger partial charge in [-0.2, -0.15) is 0 Å². The van der Waals surface area contributed by atoms with Gasteiger partial charge in [-0.05, 0) is 118 Å². The third kappa shape index (κ3) is 9.09. The summed E-state index contributed by atoms with van der Waals surface area (Å²) in [5, 5.41) is 0. The lowest BCUT2D eigenvalue weighted by Gasteiger charge is -2.19. The Bertz CT molecular complexity index is 1520. The third-order valence-corrected chi connectivity index (χ3v) is 8.41. The Balaban J connectivity index is 1.33. The lowest BCUT2D eigenvalue weighted by atomic mass is 10.2. The molecule has 0 unspecified atom stereocenters. The summed E-state index contributed by atoms with van der Waals surface area (Å²) in [6.45, 7) is 6.15. The van der Waals surface area contributed by atoms with Gasteiger partial charge in [0.25, 0.3) is 0 Å². The second kappa shape index (κ2) is 14.6. The molecule has 2 aromatic heterocycles. The zero-order valence-corrected chi connectivity index (χ0v) is 25.8. The van der Waals surface area contributed by atoms with Crippen LogP contribution in [-0.4, -0.2) is 28.1 Å². The number of hydrogen-bond acceptors (Lipinski definition) is 7. The summed E-state index contributed by atoms with van der Waals surface area (Å²) in [7, 11) is -0.428. The van der Waals surface area contributed by atoms with Crippen molar-refractivity contribution in [1.82, 2.24) is 9.97 Å². The van der Waals surface area contributed by atoms with E-state index in [1.807, 2.05) is 106 Å². The SMILES string of the molecule is CC(C)(C)OC(=O)COc1ccc([S+](c2ccc(OCc3ccccn3)cc2)c2ccc(OCc3ccccn3)cc2)cc1. The molecule has 0 spiro atoms.